The summed E-state index contributed by atoms with van der Waals surface area (Å²) in [6, 6.07) is 5.16. The fourth-order valence-corrected chi connectivity index (χ4v) is 6.65. The molecule has 0 aliphatic carbocycles. The summed E-state index contributed by atoms with van der Waals surface area (Å²) in [5.41, 5.74) is 5.73. The van der Waals surface area contributed by atoms with E-state index in [-0.39, 0.29) is 30.6 Å². The van der Waals surface area contributed by atoms with Crippen LogP contribution in [0, 0.1) is 0 Å². The van der Waals surface area contributed by atoms with Gasteiger partial charge in [0.15, 0.2) is 23.5 Å². The number of nitrogens with two attached hydrogens (primary N) is 1. The van der Waals surface area contributed by atoms with Crippen molar-refractivity contribution in [2.24, 2.45) is 0 Å². The predicted octanol–water partition coefficient (Wildman–Crippen LogP) is 0.243. The monoisotopic (exact) mass is 672 g/mol. The molecule has 2 fully saturated rings. The van der Waals surface area contributed by atoms with Crippen molar-refractivity contribution < 1.29 is 57.6 Å². The van der Waals surface area contributed by atoms with E-state index in [0.717, 1.165) is 0 Å². The molecule has 6 atom stereocenters. The Balaban J connectivity index is 1.20. The number of aliphatic hydroxyl groups is 1. The molecular formula is C25H34N6O12P2. The number of anilines is 1. The Labute approximate surface area is 256 Å². The smallest absolute Gasteiger partial charge is 0.407 e. The van der Waals surface area contributed by atoms with E-state index in [1.165, 1.54) is 36.9 Å². The number of benzene rings is 1. The van der Waals surface area contributed by atoms with E-state index in [1.807, 2.05) is 0 Å². The van der Waals surface area contributed by atoms with Crippen LogP contribution in [0.25, 0.3) is 11.2 Å². The van der Waals surface area contributed by atoms with Crippen LogP contribution >= 0.6 is 15.2 Å². The number of aromatic nitrogens is 4. The quantitative estimate of drug-likeness (QED) is 0.134. The fraction of sp³-hybridized carbons (Fsp3) is 0.520. The summed E-state index contributed by atoms with van der Waals surface area (Å²) in [6.45, 7) is 2.72. The molecule has 0 spiro atoms. The third-order valence-electron chi connectivity index (χ3n) is 7.50. The standard InChI is InChI=1S/C25H34N6O12P2/c1-25(2)42-19-18(41-23(20(19)43-25)31-12-30-17-21(26)28-11-29-22(17)31)16(32)8-7-15(45(37,38)39)9-27-24(33)40-10-13-3-5-14(6-4-13)44(34,35)36/h3-6,11-12,15-16,18-20,23,32H,7-10H2,1-2H3,(H,27,33)(H2,26,28,29)(H2,34,35,36)(H2,37,38,39)/t15?,16?,18-,19-,20-,23-/m1/s1. The van der Waals surface area contributed by atoms with E-state index >= 15 is 0 Å². The molecule has 2 aliphatic rings. The number of carbonyl (C=O) groups excluding carboxylic acids is 1. The SMILES string of the molecule is CC1(C)O[C@@H]2[C@H](O1)[C@@H](C(O)CCC(CNC(=O)OCc1ccc(P(=O)(O)O)cc1)P(=O)(O)O)O[C@H]2n1cnc2c(N)ncnc21. The third-order valence-corrected chi connectivity index (χ3v) is 9.86. The lowest BCUT2D eigenvalue weighted by Gasteiger charge is -2.27. The van der Waals surface area contributed by atoms with Crippen LogP contribution in [0.1, 0.15) is 38.5 Å². The molecule has 8 N–H and O–H groups in total. The molecular weight excluding hydrogens is 638 g/mol. The lowest BCUT2D eigenvalue weighted by atomic mass is 10.0. The van der Waals surface area contributed by atoms with Crippen LogP contribution in [0.2, 0.25) is 0 Å². The zero-order chi connectivity index (χ0) is 32.7. The Morgan fingerprint density at radius 2 is 1.78 bits per heavy atom. The number of nitrogens with one attached hydrogen (secondary N) is 1. The Hall–Kier alpha value is -3.02. The second-order valence-corrected chi connectivity index (χ2v) is 14.7. The summed E-state index contributed by atoms with van der Waals surface area (Å²) >= 11 is 0. The zero-order valence-electron chi connectivity index (χ0n) is 24.1. The number of fused-ring (bicyclic) bond motifs is 2. The number of nitrogen functional groups attached to an aromatic ring is 1. The highest BCUT2D eigenvalue weighted by Gasteiger charge is 2.58. The van der Waals surface area contributed by atoms with Crippen LogP contribution in [-0.2, 0) is 34.7 Å². The first-order chi connectivity index (χ1) is 21.0. The van der Waals surface area contributed by atoms with E-state index in [1.54, 1.807) is 18.4 Å². The van der Waals surface area contributed by atoms with Crippen LogP contribution in [0.3, 0.4) is 0 Å². The second-order valence-electron chi connectivity index (χ2n) is 11.2. The van der Waals surface area contributed by atoms with Gasteiger partial charge in [-0.2, -0.15) is 0 Å². The third kappa shape index (κ3) is 7.52. The average molecular weight is 673 g/mol. The van der Waals surface area contributed by atoms with Gasteiger partial charge in [0.25, 0.3) is 0 Å². The number of amides is 1. The summed E-state index contributed by atoms with van der Waals surface area (Å²) in [6.07, 6.45) is -2.98. The van der Waals surface area contributed by atoms with E-state index in [4.69, 9.17) is 24.7 Å². The Morgan fingerprint density at radius 3 is 2.44 bits per heavy atom. The van der Waals surface area contributed by atoms with Gasteiger partial charge in [-0.3, -0.25) is 13.7 Å². The summed E-state index contributed by atoms with van der Waals surface area (Å²) in [4.78, 5) is 62.9. The van der Waals surface area contributed by atoms with E-state index in [2.05, 4.69) is 20.3 Å². The zero-order valence-corrected chi connectivity index (χ0v) is 25.9. The minimum Gasteiger partial charge on any atom is -0.445 e. The van der Waals surface area contributed by atoms with Crippen molar-refractivity contribution in [1.82, 2.24) is 24.8 Å². The van der Waals surface area contributed by atoms with Crippen molar-refractivity contribution in [2.75, 3.05) is 12.3 Å². The highest BCUT2D eigenvalue weighted by Crippen LogP contribution is 2.47. The van der Waals surface area contributed by atoms with E-state index in [9.17, 15) is 38.6 Å². The van der Waals surface area contributed by atoms with Crippen LogP contribution in [0.4, 0.5) is 10.6 Å². The van der Waals surface area contributed by atoms with E-state index < -0.39 is 69.9 Å². The number of hydrogen-bond donors (Lipinski definition) is 7. The van der Waals surface area contributed by atoms with Crippen LogP contribution < -0.4 is 16.4 Å². The minimum atomic E-state index is -4.74. The average Bonchev–Trinajstić information content (AvgIpc) is 3.62. The molecule has 1 aromatic carbocycles. The molecule has 20 heteroatoms. The van der Waals surface area contributed by atoms with Gasteiger partial charge in [0.2, 0.25) is 0 Å². The van der Waals surface area contributed by atoms with Gasteiger partial charge in [0, 0.05) is 6.54 Å². The number of aliphatic hydroxyl groups excluding tert-OH is 1. The van der Waals surface area contributed by atoms with E-state index in [0.29, 0.717) is 16.7 Å². The molecule has 45 heavy (non-hydrogen) atoms. The van der Waals surface area contributed by atoms with Gasteiger partial charge in [-0.05, 0) is 44.4 Å². The van der Waals surface area contributed by atoms with Crippen LogP contribution in [0.5, 0.6) is 0 Å². The van der Waals surface area contributed by atoms with Crippen LogP contribution in [-0.4, -0.2) is 92.7 Å². The normalized spacial score (nSPS) is 24.3. The fourth-order valence-electron chi connectivity index (χ4n) is 5.30. The topological polar surface area (TPSA) is 271 Å². The summed E-state index contributed by atoms with van der Waals surface area (Å²) in [5.74, 6) is -0.841. The first kappa shape index (κ1) is 33.3. The van der Waals surface area contributed by atoms with Gasteiger partial charge >= 0.3 is 21.3 Å². The molecule has 3 aromatic rings. The highest BCUT2D eigenvalue weighted by atomic mass is 31.2. The number of carbonyl (C=O) groups is 1. The van der Waals surface area contributed by atoms with Crippen molar-refractivity contribution in [3.8, 4) is 0 Å². The summed E-state index contributed by atoms with van der Waals surface area (Å²) in [7, 11) is -9.15. The van der Waals surface area contributed by atoms with Gasteiger partial charge in [0.1, 0.15) is 36.8 Å². The second kappa shape index (κ2) is 12.6. The molecule has 246 valence electrons. The minimum absolute atomic E-state index is 0.122. The van der Waals surface area contributed by atoms with Crippen molar-refractivity contribution >= 4 is 43.6 Å². The number of alkyl carbamates (subject to hydrolysis) is 1. The Morgan fingerprint density at radius 1 is 1.09 bits per heavy atom. The number of nitrogens with zero attached hydrogens (tertiary/aromatic N) is 4. The largest absolute Gasteiger partial charge is 0.445 e. The molecule has 0 radical (unpaired) electrons. The first-order valence-corrected chi connectivity index (χ1v) is 17.1. The number of rotatable bonds is 11. The molecule has 4 heterocycles. The molecule has 1 amide bonds. The maximum absolute atomic E-state index is 12.2. The summed E-state index contributed by atoms with van der Waals surface area (Å²) < 4.78 is 48.5. The first-order valence-electron chi connectivity index (χ1n) is 13.8. The maximum Gasteiger partial charge on any atom is 0.407 e. The van der Waals surface area contributed by atoms with Gasteiger partial charge < -0.3 is 54.7 Å². The van der Waals surface area contributed by atoms with Crippen LogP contribution in [0.15, 0.2) is 36.9 Å². The molecule has 2 unspecified atom stereocenters. The summed E-state index contributed by atoms with van der Waals surface area (Å²) in [5, 5.41) is 13.3. The predicted molar refractivity (Wildman–Crippen MR) is 155 cm³/mol. The molecule has 18 nitrogen and oxygen atoms in total. The molecule has 5 rings (SSSR count). The maximum atomic E-state index is 12.2. The van der Waals surface area contributed by atoms with Gasteiger partial charge in [-0.25, -0.2) is 19.7 Å². The number of imidazole rings is 1. The Bertz CT molecular complexity index is 1630. The van der Waals surface area contributed by atoms with Crippen molar-refractivity contribution in [2.45, 2.75) is 75.4 Å². The number of hydrogen-bond acceptors (Lipinski definition) is 12. The van der Waals surface area contributed by atoms with Gasteiger partial charge in [0.05, 0.1) is 23.4 Å². The molecule has 0 saturated carbocycles. The van der Waals surface area contributed by atoms with Gasteiger partial charge in [-0.15, -0.1) is 0 Å². The Kier molecular flexibility index (Phi) is 9.37. The molecule has 2 saturated heterocycles. The van der Waals surface area contributed by atoms with Gasteiger partial charge in [-0.1, -0.05) is 12.1 Å². The highest BCUT2D eigenvalue weighted by molar-refractivity contribution is 7.60. The molecule has 0 bridgehead atoms. The van der Waals surface area contributed by atoms with Crippen molar-refractivity contribution in [1.29, 1.82) is 0 Å². The number of ether oxygens (including phenoxy) is 4. The lowest BCUT2D eigenvalue weighted by Crippen LogP contribution is -2.39. The van der Waals surface area contributed by atoms with Crippen molar-refractivity contribution in [3.05, 3.63) is 42.5 Å². The van der Waals surface area contributed by atoms with Crippen molar-refractivity contribution in [3.63, 3.8) is 0 Å². The lowest BCUT2D eigenvalue weighted by molar-refractivity contribution is -0.207. The molecule has 2 aromatic heterocycles. The molecule has 2 aliphatic heterocycles.